The number of hydrogen-bond donors (Lipinski definition) is 0. The zero-order valence-electron chi connectivity index (χ0n) is 24.8. The molecule has 0 aliphatic carbocycles. The van der Waals surface area contributed by atoms with E-state index >= 15 is 0 Å². The van der Waals surface area contributed by atoms with Crippen LogP contribution in [0.5, 0.6) is 0 Å². The first-order chi connectivity index (χ1) is 22.8. The van der Waals surface area contributed by atoms with E-state index in [1.807, 2.05) is 12.1 Å². The fraction of sp³-hybridized carbons (Fsp3) is 0. The van der Waals surface area contributed by atoms with Crippen molar-refractivity contribution in [2.75, 3.05) is 0 Å². The number of pyridine rings is 1. The molecular weight excluding hydrogens is 560 g/mol. The lowest BCUT2D eigenvalue weighted by Crippen LogP contribution is -1.95. The molecular formula is C43H26N2O. The first kappa shape index (κ1) is 25.2. The van der Waals surface area contributed by atoms with Crippen molar-refractivity contribution >= 4 is 59.4 Å². The number of aromatic nitrogens is 2. The minimum atomic E-state index is 0.782. The van der Waals surface area contributed by atoms with E-state index in [9.17, 15) is 0 Å². The van der Waals surface area contributed by atoms with E-state index in [-0.39, 0.29) is 0 Å². The Morgan fingerprint density at radius 3 is 1.70 bits per heavy atom. The second-order valence-electron chi connectivity index (χ2n) is 12.0. The molecule has 0 atom stereocenters. The molecule has 3 nitrogen and oxygen atoms in total. The fourth-order valence-electron chi connectivity index (χ4n) is 7.44. The van der Waals surface area contributed by atoms with Crippen LogP contribution in [0.2, 0.25) is 0 Å². The molecule has 0 saturated heterocycles. The molecule has 0 saturated carbocycles. The molecule has 10 rings (SSSR count). The van der Waals surface area contributed by atoms with Crippen LogP contribution in [0.25, 0.3) is 93.2 Å². The largest absolute Gasteiger partial charge is 0.463 e. The third-order valence-electron chi connectivity index (χ3n) is 9.49. The van der Waals surface area contributed by atoms with E-state index in [0.29, 0.717) is 0 Å². The molecule has 7 aromatic carbocycles. The van der Waals surface area contributed by atoms with Crippen molar-refractivity contribution in [1.82, 2.24) is 9.61 Å². The summed E-state index contributed by atoms with van der Waals surface area (Å²) in [4.78, 5) is 0. The molecule has 3 heteroatoms. The second-order valence-corrected chi connectivity index (χ2v) is 12.0. The van der Waals surface area contributed by atoms with Gasteiger partial charge in [0.15, 0.2) is 5.76 Å². The molecule has 0 spiro atoms. The van der Waals surface area contributed by atoms with Crippen molar-refractivity contribution in [3.63, 3.8) is 0 Å². The van der Waals surface area contributed by atoms with Crippen molar-refractivity contribution in [3.05, 3.63) is 158 Å². The van der Waals surface area contributed by atoms with Crippen LogP contribution in [-0.2, 0) is 0 Å². The van der Waals surface area contributed by atoms with Gasteiger partial charge in [0.25, 0.3) is 0 Å². The minimum Gasteiger partial charge on any atom is -0.463 e. The van der Waals surface area contributed by atoms with Crippen LogP contribution in [0.15, 0.2) is 162 Å². The van der Waals surface area contributed by atoms with Gasteiger partial charge >= 0.3 is 0 Å². The summed E-state index contributed by atoms with van der Waals surface area (Å²) in [5.41, 5.74) is 6.32. The molecule has 46 heavy (non-hydrogen) atoms. The van der Waals surface area contributed by atoms with Crippen LogP contribution >= 0.6 is 0 Å². The summed E-state index contributed by atoms with van der Waals surface area (Å²) >= 11 is 0. The third-order valence-corrected chi connectivity index (χ3v) is 9.49. The summed E-state index contributed by atoms with van der Waals surface area (Å²) in [7, 11) is 0. The lowest BCUT2D eigenvalue weighted by molar-refractivity contribution is 0.578. The van der Waals surface area contributed by atoms with Gasteiger partial charge in [0.05, 0.1) is 11.8 Å². The lowest BCUT2D eigenvalue weighted by Gasteiger charge is -2.13. The van der Waals surface area contributed by atoms with Gasteiger partial charge in [0.2, 0.25) is 0 Å². The number of nitrogens with zero attached hydrogens (tertiary/aromatic N) is 2. The molecule has 214 valence electrons. The van der Waals surface area contributed by atoms with Gasteiger partial charge in [-0.3, -0.25) is 0 Å². The van der Waals surface area contributed by atoms with E-state index in [4.69, 9.17) is 9.52 Å². The van der Waals surface area contributed by atoms with Gasteiger partial charge in [0.1, 0.15) is 11.4 Å². The zero-order valence-corrected chi connectivity index (χ0v) is 24.8. The maximum absolute atomic E-state index is 6.01. The van der Waals surface area contributed by atoms with Crippen LogP contribution in [0, 0.1) is 0 Å². The molecule has 0 aliphatic rings. The Kier molecular flexibility index (Phi) is 5.28. The van der Waals surface area contributed by atoms with Gasteiger partial charge < -0.3 is 4.42 Å². The Labute approximate surface area is 264 Å². The Morgan fingerprint density at radius 1 is 0.435 bits per heavy atom. The summed E-state index contributed by atoms with van der Waals surface area (Å²) in [6.07, 6.45) is 1.73. The fourth-order valence-corrected chi connectivity index (χ4v) is 7.44. The van der Waals surface area contributed by atoms with Gasteiger partial charge in [0, 0.05) is 16.5 Å². The maximum Gasteiger partial charge on any atom is 0.152 e. The smallest absolute Gasteiger partial charge is 0.152 e. The Hall–Kier alpha value is -6.19. The summed E-state index contributed by atoms with van der Waals surface area (Å²) in [5.74, 6) is 0.782. The van der Waals surface area contributed by atoms with Gasteiger partial charge in [-0.2, -0.15) is 5.10 Å². The molecule has 0 unspecified atom stereocenters. The third kappa shape index (κ3) is 3.57. The lowest BCUT2D eigenvalue weighted by atomic mass is 9.90. The van der Waals surface area contributed by atoms with Crippen molar-refractivity contribution in [2.45, 2.75) is 0 Å². The number of fused-ring (bicyclic) bond motifs is 9. The summed E-state index contributed by atoms with van der Waals surface area (Å²) < 4.78 is 8.12. The Balaban J connectivity index is 1.42. The highest BCUT2D eigenvalue weighted by Gasteiger charge is 2.24. The van der Waals surface area contributed by atoms with E-state index in [0.717, 1.165) is 50.1 Å². The highest BCUT2D eigenvalue weighted by Crippen LogP contribution is 2.45. The van der Waals surface area contributed by atoms with E-state index in [1.54, 1.807) is 6.26 Å². The molecule has 3 aromatic heterocycles. The van der Waals surface area contributed by atoms with Crippen LogP contribution in [0.4, 0.5) is 0 Å². The van der Waals surface area contributed by atoms with Gasteiger partial charge in [-0.1, -0.05) is 133 Å². The van der Waals surface area contributed by atoms with Crippen LogP contribution in [0.1, 0.15) is 0 Å². The number of hydrogen-bond acceptors (Lipinski definition) is 2. The number of furan rings is 1. The standard InChI is InChI=1S/C43H26N2O/c1-4-13-30-27(10-1)21-23-35-33(30)16-7-18-37(35)41-42(38-19-8-17-34-31-14-5-2-11-28(31)22-24-36(34)38)44-45-39(40-20-9-25-46-40)26-29-12-3-6-15-32(29)43(41)45/h1-26H. The summed E-state index contributed by atoms with van der Waals surface area (Å²) in [5, 5.41) is 17.6. The normalized spacial score (nSPS) is 11.9. The van der Waals surface area contributed by atoms with E-state index in [1.165, 1.54) is 43.1 Å². The van der Waals surface area contributed by atoms with Gasteiger partial charge in [-0.15, -0.1) is 0 Å². The minimum absolute atomic E-state index is 0.782. The average Bonchev–Trinajstić information content (AvgIpc) is 3.80. The molecule has 0 radical (unpaired) electrons. The topological polar surface area (TPSA) is 30.4 Å². The molecule has 0 fully saturated rings. The van der Waals surface area contributed by atoms with Crippen LogP contribution < -0.4 is 0 Å². The van der Waals surface area contributed by atoms with Gasteiger partial charge in [-0.05, 0) is 72.2 Å². The summed E-state index contributed by atoms with van der Waals surface area (Å²) in [6.45, 7) is 0. The molecule has 3 heterocycles. The SMILES string of the molecule is c1coc(-c2cc3ccccc3c3c(-c4cccc5c4ccc4ccccc45)c(-c4cccc5c4ccc4ccccc45)nn23)c1. The van der Waals surface area contributed by atoms with E-state index in [2.05, 4.69) is 144 Å². The summed E-state index contributed by atoms with van der Waals surface area (Å²) in [6, 6.07) is 54.3. The van der Waals surface area contributed by atoms with Crippen molar-refractivity contribution in [2.24, 2.45) is 0 Å². The molecule has 10 aromatic rings. The second kappa shape index (κ2) is 9.65. The zero-order chi connectivity index (χ0) is 30.2. The number of rotatable bonds is 3. The monoisotopic (exact) mass is 586 g/mol. The predicted octanol–water partition coefficient (Wildman–Crippen LogP) is 11.7. The molecule has 0 N–H and O–H groups in total. The average molecular weight is 587 g/mol. The van der Waals surface area contributed by atoms with Crippen molar-refractivity contribution in [3.8, 4) is 33.8 Å². The highest BCUT2D eigenvalue weighted by molar-refractivity contribution is 6.19. The van der Waals surface area contributed by atoms with E-state index < -0.39 is 0 Å². The highest BCUT2D eigenvalue weighted by atomic mass is 16.3. The molecule has 0 amide bonds. The molecule has 0 bridgehead atoms. The van der Waals surface area contributed by atoms with Crippen LogP contribution in [0.3, 0.4) is 0 Å². The molecule has 0 aliphatic heterocycles. The quantitative estimate of drug-likeness (QED) is 0.193. The predicted molar refractivity (Wildman–Crippen MR) is 191 cm³/mol. The Bertz CT molecular complexity index is 2800. The maximum atomic E-state index is 6.01. The van der Waals surface area contributed by atoms with Crippen LogP contribution in [-0.4, -0.2) is 9.61 Å². The van der Waals surface area contributed by atoms with Crippen molar-refractivity contribution in [1.29, 1.82) is 0 Å². The Morgan fingerprint density at radius 2 is 1.02 bits per heavy atom. The number of benzene rings is 7. The first-order valence-electron chi connectivity index (χ1n) is 15.6. The van der Waals surface area contributed by atoms with Crippen molar-refractivity contribution < 1.29 is 4.42 Å². The first-order valence-corrected chi connectivity index (χ1v) is 15.6. The van der Waals surface area contributed by atoms with Gasteiger partial charge in [-0.25, -0.2) is 4.52 Å².